The van der Waals surface area contributed by atoms with Crippen LogP contribution in [0, 0.1) is 0 Å². The predicted molar refractivity (Wildman–Crippen MR) is 80.3 cm³/mol. The van der Waals surface area contributed by atoms with Gasteiger partial charge in [0.1, 0.15) is 0 Å². The SMILES string of the molecule is CCNc1nnc(-c2cccn(CCCOC)c2=O)s1. The molecule has 0 aliphatic rings. The second kappa shape index (κ2) is 7.16. The normalized spacial score (nSPS) is 10.7. The average Bonchev–Trinajstić information content (AvgIpc) is 2.90. The Bertz CT molecular complexity index is 608. The fourth-order valence-corrected chi connectivity index (χ4v) is 2.64. The molecular formula is C13H18N4O2S. The fraction of sp³-hybridized carbons (Fsp3) is 0.462. The number of methoxy groups -OCH3 is 1. The van der Waals surface area contributed by atoms with E-state index in [1.165, 1.54) is 11.3 Å². The maximum atomic E-state index is 12.4. The zero-order valence-corrected chi connectivity index (χ0v) is 12.4. The molecule has 2 aromatic rings. The molecule has 0 radical (unpaired) electrons. The van der Waals surface area contributed by atoms with E-state index in [2.05, 4.69) is 15.5 Å². The minimum absolute atomic E-state index is 0.0391. The van der Waals surface area contributed by atoms with E-state index >= 15 is 0 Å². The van der Waals surface area contributed by atoms with Gasteiger partial charge in [0.05, 0.1) is 5.56 Å². The molecule has 20 heavy (non-hydrogen) atoms. The molecule has 2 heterocycles. The molecule has 0 bridgehead atoms. The zero-order chi connectivity index (χ0) is 14.4. The van der Waals surface area contributed by atoms with Crippen LogP contribution < -0.4 is 10.9 Å². The highest BCUT2D eigenvalue weighted by atomic mass is 32.1. The van der Waals surface area contributed by atoms with Gasteiger partial charge in [-0.3, -0.25) is 4.79 Å². The Hall–Kier alpha value is -1.73. The molecule has 0 unspecified atom stereocenters. The first-order chi connectivity index (χ1) is 9.76. The van der Waals surface area contributed by atoms with Gasteiger partial charge in [-0.25, -0.2) is 0 Å². The van der Waals surface area contributed by atoms with E-state index in [0.717, 1.165) is 18.1 Å². The molecule has 0 saturated carbocycles. The van der Waals surface area contributed by atoms with Gasteiger partial charge in [0, 0.05) is 33.0 Å². The van der Waals surface area contributed by atoms with Crippen LogP contribution in [0.15, 0.2) is 23.1 Å². The highest BCUT2D eigenvalue weighted by Crippen LogP contribution is 2.23. The first-order valence-electron chi connectivity index (χ1n) is 6.52. The van der Waals surface area contributed by atoms with Crippen LogP contribution in [-0.4, -0.2) is 35.0 Å². The monoisotopic (exact) mass is 294 g/mol. The highest BCUT2D eigenvalue weighted by molar-refractivity contribution is 7.18. The summed E-state index contributed by atoms with van der Waals surface area (Å²) in [6.45, 7) is 4.05. The molecule has 1 N–H and O–H groups in total. The molecule has 2 rings (SSSR count). The third-order valence-corrected chi connectivity index (χ3v) is 3.67. The average molecular weight is 294 g/mol. The molecule has 2 aromatic heterocycles. The Kier molecular flexibility index (Phi) is 5.25. The van der Waals surface area contributed by atoms with Crippen LogP contribution >= 0.6 is 11.3 Å². The van der Waals surface area contributed by atoms with Gasteiger partial charge in [-0.05, 0) is 25.5 Å². The van der Waals surface area contributed by atoms with E-state index in [0.29, 0.717) is 23.7 Å². The Morgan fingerprint density at radius 3 is 3.05 bits per heavy atom. The van der Waals surface area contributed by atoms with Crippen molar-refractivity contribution in [1.29, 1.82) is 0 Å². The van der Waals surface area contributed by atoms with E-state index in [1.54, 1.807) is 23.9 Å². The summed E-state index contributed by atoms with van der Waals surface area (Å²) in [6.07, 6.45) is 2.59. The van der Waals surface area contributed by atoms with E-state index in [1.807, 2.05) is 13.0 Å². The van der Waals surface area contributed by atoms with Gasteiger partial charge < -0.3 is 14.6 Å². The van der Waals surface area contributed by atoms with Crippen LogP contribution in [0.4, 0.5) is 5.13 Å². The summed E-state index contributed by atoms with van der Waals surface area (Å²) in [5.41, 5.74) is 0.550. The summed E-state index contributed by atoms with van der Waals surface area (Å²) in [7, 11) is 1.66. The van der Waals surface area contributed by atoms with Crippen molar-refractivity contribution < 1.29 is 4.74 Å². The number of anilines is 1. The lowest BCUT2D eigenvalue weighted by Gasteiger charge is -2.06. The fourth-order valence-electron chi connectivity index (χ4n) is 1.81. The number of aromatic nitrogens is 3. The van der Waals surface area contributed by atoms with Crippen molar-refractivity contribution in [2.24, 2.45) is 0 Å². The van der Waals surface area contributed by atoms with Crippen molar-refractivity contribution in [2.45, 2.75) is 19.9 Å². The summed E-state index contributed by atoms with van der Waals surface area (Å²) in [5.74, 6) is 0. The number of hydrogen-bond acceptors (Lipinski definition) is 6. The Labute approximate surface area is 121 Å². The van der Waals surface area contributed by atoms with Crippen LogP contribution in [0.2, 0.25) is 0 Å². The van der Waals surface area contributed by atoms with E-state index in [4.69, 9.17) is 4.74 Å². The molecule has 0 fully saturated rings. The summed E-state index contributed by atoms with van der Waals surface area (Å²) in [4.78, 5) is 12.4. The molecule has 0 aliphatic carbocycles. The molecule has 0 atom stereocenters. The van der Waals surface area contributed by atoms with Gasteiger partial charge in [-0.1, -0.05) is 11.3 Å². The number of hydrogen-bond donors (Lipinski definition) is 1. The maximum absolute atomic E-state index is 12.4. The second-order valence-electron chi connectivity index (χ2n) is 4.21. The van der Waals surface area contributed by atoms with Gasteiger partial charge in [0.15, 0.2) is 5.01 Å². The quantitative estimate of drug-likeness (QED) is 0.789. The van der Waals surface area contributed by atoms with Crippen LogP contribution in [0.1, 0.15) is 13.3 Å². The minimum Gasteiger partial charge on any atom is -0.385 e. The largest absolute Gasteiger partial charge is 0.385 e. The van der Waals surface area contributed by atoms with Crippen molar-refractivity contribution >= 4 is 16.5 Å². The third kappa shape index (κ3) is 3.43. The summed E-state index contributed by atoms with van der Waals surface area (Å²) >= 11 is 1.39. The molecular weight excluding hydrogens is 276 g/mol. The van der Waals surface area contributed by atoms with Crippen LogP contribution in [0.25, 0.3) is 10.6 Å². The second-order valence-corrected chi connectivity index (χ2v) is 5.19. The van der Waals surface area contributed by atoms with Gasteiger partial charge in [0.2, 0.25) is 5.13 Å². The summed E-state index contributed by atoms with van der Waals surface area (Å²) < 4.78 is 6.69. The lowest BCUT2D eigenvalue weighted by Crippen LogP contribution is -2.21. The smallest absolute Gasteiger partial charge is 0.260 e. The van der Waals surface area contributed by atoms with Crippen molar-refractivity contribution in [3.63, 3.8) is 0 Å². The van der Waals surface area contributed by atoms with E-state index < -0.39 is 0 Å². The van der Waals surface area contributed by atoms with Crippen molar-refractivity contribution in [3.05, 3.63) is 28.7 Å². The molecule has 6 nitrogen and oxygen atoms in total. The zero-order valence-electron chi connectivity index (χ0n) is 11.6. The Morgan fingerprint density at radius 2 is 2.30 bits per heavy atom. The topological polar surface area (TPSA) is 69.0 Å². The first kappa shape index (κ1) is 14.7. The first-order valence-corrected chi connectivity index (χ1v) is 7.34. The van der Waals surface area contributed by atoms with Gasteiger partial charge in [0.25, 0.3) is 5.56 Å². The van der Waals surface area contributed by atoms with Gasteiger partial charge in [-0.15, -0.1) is 10.2 Å². The van der Waals surface area contributed by atoms with Crippen LogP contribution in [0.3, 0.4) is 0 Å². The minimum atomic E-state index is -0.0391. The number of nitrogens with one attached hydrogen (secondary N) is 1. The number of rotatable bonds is 7. The van der Waals surface area contributed by atoms with E-state index in [9.17, 15) is 4.79 Å². The molecule has 0 spiro atoms. The van der Waals surface area contributed by atoms with Crippen molar-refractivity contribution in [1.82, 2.24) is 14.8 Å². The van der Waals surface area contributed by atoms with E-state index in [-0.39, 0.29) is 5.56 Å². The third-order valence-electron chi connectivity index (χ3n) is 2.75. The number of ether oxygens (including phenoxy) is 1. The molecule has 0 amide bonds. The lowest BCUT2D eigenvalue weighted by atomic mass is 10.3. The molecule has 108 valence electrons. The lowest BCUT2D eigenvalue weighted by molar-refractivity contribution is 0.190. The summed E-state index contributed by atoms with van der Waals surface area (Å²) in [5, 5.41) is 12.6. The standard InChI is InChI=1S/C13H18N4O2S/c1-3-14-13-16-15-11(20-13)10-6-4-7-17(12(10)18)8-5-9-19-2/h4,6-7H,3,5,8-9H2,1-2H3,(H,14,16). The number of nitrogens with zero attached hydrogens (tertiary/aromatic N) is 3. The maximum Gasteiger partial charge on any atom is 0.260 e. The number of pyridine rings is 1. The molecule has 0 saturated heterocycles. The van der Waals surface area contributed by atoms with Crippen molar-refractivity contribution in [3.8, 4) is 10.6 Å². The Balaban J connectivity index is 2.22. The van der Waals surface area contributed by atoms with Gasteiger partial charge in [-0.2, -0.15) is 0 Å². The highest BCUT2D eigenvalue weighted by Gasteiger charge is 2.11. The number of aryl methyl sites for hydroxylation is 1. The van der Waals surface area contributed by atoms with Crippen LogP contribution in [0.5, 0.6) is 0 Å². The van der Waals surface area contributed by atoms with Gasteiger partial charge >= 0.3 is 0 Å². The van der Waals surface area contributed by atoms with Crippen molar-refractivity contribution in [2.75, 3.05) is 25.6 Å². The molecule has 0 aliphatic heterocycles. The Morgan fingerprint density at radius 1 is 1.45 bits per heavy atom. The molecule has 7 heteroatoms. The summed E-state index contributed by atoms with van der Waals surface area (Å²) in [6, 6.07) is 3.64. The predicted octanol–water partition coefficient (Wildman–Crippen LogP) is 1.84. The molecule has 0 aromatic carbocycles. The van der Waals surface area contributed by atoms with Crippen LogP contribution in [-0.2, 0) is 11.3 Å².